The quantitative estimate of drug-likeness (QED) is 0.414. The minimum atomic E-state index is -0.266. The average Bonchev–Trinajstić information content (AvgIpc) is 2.79. The Bertz CT molecular complexity index is 1040. The molecule has 162 valence electrons. The number of ether oxygens (including phenoxy) is 1. The zero-order valence-electron chi connectivity index (χ0n) is 17.9. The van der Waals surface area contributed by atoms with Crippen molar-refractivity contribution in [3.63, 3.8) is 0 Å². The smallest absolute Gasteiger partial charge is 0.262 e. The number of amides is 2. The van der Waals surface area contributed by atoms with Crippen molar-refractivity contribution in [1.82, 2.24) is 4.90 Å². The summed E-state index contributed by atoms with van der Waals surface area (Å²) in [7, 11) is 0. The van der Waals surface area contributed by atoms with E-state index in [9.17, 15) is 9.59 Å². The molecule has 0 spiro atoms. The highest BCUT2D eigenvalue weighted by Gasteiger charge is 2.14. The fraction of sp³-hybridized carbons (Fsp3) is 0.280. The summed E-state index contributed by atoms with van der Waals surface area (Å²) in [5.41, 5.74) is 1.25. The summed E-state index contributed by atoms with van der Waals surface area (Å²) in [4.78, 5) is 26.9. The second-order valence-corrected chi connectivity index (χ2v) is 8.10. The van der Waals surface area contributed by atoms with E-state index >= 15 is 0 Å². The summed E-state index contributed by atoms with van der Waals surface area (Å²) in [6, 6.07) is 18.7. The van der Waals surface area contributed by atoms with Crippen LogP contribution in [0, 0.1) is 0 Å². The molecular weight excluding hydrogens is 456 g/mol. The molecule has 0 atom stereocenters. The highest BCUT2D eigenvalue weighted by atomic mass is 79.9. The van der Waals surface area contributed by atoms with Crippen LogP contribution in [0.2, 0.25) is 0 Å². The van der Waals surface area contributed by atoms with E-state index in [1.54, 1.807) is 24.3 Å². The van der Waals surface area contributed by atoms with E-state index in [1.807, 2.05) is 41.3 Å². The third-order valence-electron chi connectivity index (χ3n) is 4.88. The zero-order chi connectivity index (χ0) is 22.2. The van der Waals surface area contributed by atoms with Gasteiger partial charge in [0.05, 0.1) is 4.47 Å². The first-order chi connectivity index (χ1) is 15.0. The van der Waals surface area contributed by atoms with E-state index in [1.165, 1.54) is 0 Å². The maximum Gasteiger partial charge on any atom is 0.262 e. The Hall–Kier alpha value is -2.86. The van der Waals surface area contributed by atoms with Gasteiger partial charge in [0.15, 0.2) is 6.61 Å². The molecule has 2 amide bonds. The molecule has 5 nitrogen and oxygen atoms in total. The van der Waals surface area contributed by atoms with Crippen molar-refractivity contribution in [2.75, 3.05) is 25.0 Å². The number of hydrogen-bond acceptors (Lipinski definition) is 3. The van der Waals surface area contributed by atoms with Gasteiger partial charge in [0, 0.05) is 24.3 Å². The zero-order valence-corrected chi connectivity index (χ0v) is 19.4. The van der Waals surface area contributed by atoms with Crippen LogP contribution in [0.3, 0.4) is 0 Å². The maximum atomic E-state index is 12.7. The SMILES string of the molecule is CCCN(CCC)C(=O)c1ccc(NC(=O)COc2ccc3ccccc3c2Br)cc1. The fourth-order valence-electron chi connectivity index (χ4n) is 3.40. The van der Waals surface area contributed by atoms with E-state index in [4.69, 9.17) is 4.74 Å². The van der Waals surface area contributed by atoms with Gasteiger partial charge in [-0.25, -0.2) is 0 Å². The van der Waals surface area contributed by atoms with Crippen LogP contribution in [0.25, 0.3) is 10.8 Å². The molecule has 3 aromatic rings. The van der Waals surface area contributed by atoms with Gasteiger partial charge < -0.3 is 15.0 Å². The van der Waals surface area contributed by atoms with E-state index in [-0.39, 0.29) is 18.4 Å². The summed E-state index contributed by atoms with van der Waals surface area (Å²) in [6.07, 6.45) is 1.85. The first-order valence-electron chi connectivity index (χ1n) is 10.5. The van der Waals surface area contributed by atoms with Gasteiger partial charge in [-0.05, 0) is 69.9 Å². The monoisotopic (exact) mass is 482 g/mol. The molecule has 3 aromatic carbocycles. The van der Waals surface area contributed by atoms with Crippen LogP contribution in [-0.2, 0) is 4.79 Å². The van der Waals surface area contributed by atoms with Crippen LogP contribution in [0.15, 0.2) is 65.1 Å². The maximum absolute atomic E-state index is 12.7. The lowest BCUT2D eigenvalue weighted by Crippen LogP contribution is -2.32. The predicted molar refractivity (Wildman–Crippen MR) is 129 cm³/mol. The number of benzene rings is 3. The minimum absolute atomic E-state index is 0.0195. The van der Waals surface area contributed by atoms with Crippen molar-refractivity contribution in [2.45, 2.75) is 26.7 Å². The van der Waals surface area contributed by atoms with Crippen molar-refractivity contribution < 1.29 is 14.3 Å². The molecule has 0 aromatic heterocycles. The third kappa shape index (κ3) is 5.85. The van der Waals surface area contributed by atoms with E-state index < -0.39 is 0 Å². The lowest BCUT2D eigenvalue weighted by atomic mass is 10.1. The van der Waals surface area contributed by atoms with Gasteiger partial charge in [0.2, 0.25) is 0 Å². The Balaban J connectivity index is 1.58. The van der Waals surface area contributed by atoms with E-state index in [2.05, 4.69) is 35.1 Å². The number of carbonyl (C=O) groups is 2. The molecule has 0 aliphatic carbocycles. The van der Waals surface area contributed by atoms with Crippen LogP contribution < -0.4 is 10.1 Å². The summed E-state index contributed by atoms with van der Waals surface area (Å²) in [5, 5.41) is 4.93. The summed E-state index contributed by atoms with van der Waals surface area (Å²) >= 11 is 3.56. The van der Waals surface area contributed by atoms with Gasteiger partial charge in [-0.3, -0.25) is 9.59 Å². The number of carbonyl (C=O) groups excluding carboxylic acids is 2. The standard InChI is InChI=1S/C25H27BrN2O3/c1-3-15-28(16-4-2)25(30)19-9-12-20(13-10-19)27-23(29)17-31-22-14-11-18-7-5-6-8-21(18)24(22)26/h5-14H,3-4,15-17H2,1-2H3,(H,27,29). The minimum Gasteiger partial charge on any atom is -0.483 e. The first-order valence-corrected chi connectivity index (χ1v) is 11.3. The number of halogens is 1. The van der Waals surface area contributed by atoms with Gasteiger partial charge in [-0.1, -0.05) is 44.2 Å². The lowest BCUT2D eigenvalue weighted by Gasteiger charge is -2.21. The number of rotatable bonds is 9. The second-order valence-electron chi connectivity index (χ2n) is 7.31. The van der Waals surface area contributed by atoms with E-state index in [0.29, 0.717) is 17.0 Å². The molecule has 0 aliphatic rings. The molecule has 0 aliphatic heterocycles. The van der Waals surface area contributed by atoms with Crippen molar-refractivity contribution in [3.8, 4) is 5.75 Å². The normalized spacial score (nSPS) is 10.7. The fourth-order valence-corrected chi connectivity index (χ4v) is 4.01. The Morgan fingerprint density at radius 3 is 2.29 bits per heavy atom. The topological polar surface area (TPSA) is 58.6 Å². The van der Waals surface area contributed by atoms with E-state index in [0.717, 1.165) is 41.2 Å². The Labute approximate surface area is 191 Å². The van der Waals surface area contributed by atoms with Gasteiger partial charge in [-0.2, -0.15) is 0 Å². The summed E-state index contributed by atoms with van der Waals surface area (Å²) in [6.45, 7) is 5.50. The van der Waals surface area contributed by atoms with Crippen molar-refractivity contribution in [2.24, 2.45) is 0 Å². The molecule has 3 rings (SSSR count). The number of fused-ring (bicyclic) bond motifs is 1. The van der Waals surface area contributed by atoms with Crippen molar-refractivity contribution in [3.05, 3.63) is 70.7 Å². The van der Waals surface area contributed by atoms with Crippen LogP contribution >= 0.6 is 15.9 Å². The van der Waals surface area contributed by atoms with Crippen molar-refractivity contribution >= 4 is 44.2 Å². The molecule has 0 saturated carbocycles. The molecule has 0 fully saturated rings. The second kappa shape index (κ2) is 11.0. The molecule has 31 heavy (non-hydrogen) atoms. The van der Waals surface area contributed by atoms with Gasteiger partial charge in [-0.15, -0.1) is 0 Å². The largest absolute Gasteiger partial charge is 0.483 e. The third-order valence-corrected chi connectivity index (χ3v) is 5.69. The van der Waals surface area contributed by atoms with Gasteiger partial charge in [0.25, 0.3) is 11.8 Å². The number of hydrogen-bond donors (Lipinski definition) is 1. The van der Waals surface area contributed by atoms with Gasteiger partial charge >= 0.3 is 0 Å². The molecule has 0 heterocycles. The molecule has 0 radical (unpaired) electrons. The molecule has 0 bridgehead atoms. The molecule has 6 heteroatoms. The Morgan fingerprint density at radius 1 is 0.935 bits per heavy atom. The van der Waals surface area contributed by atoms with Crippen LogP contribution in [0.4, 0.5) is 5.69 Å². The molecule has 1 N–H and O–H groups in total. The Morgan fingerprint density at radius 2 is 1.61 bits per heavy atom. The lowest BCUT2D eigenvalue weighted by molar-refractivity contribution is -0.118. The first kappa shape index (κ1) is 22.8. The van der Waals surface area contributed by atoms with Crippen molar-refractivity contribution in [1.29, 1.82) is 0 Å². The molecule has 0 saturated heterocycles. The number of nitrogens with zero attached hydrogens (tertiary/aromatic N) is 1. The highest BCUT2D eigenvalue weighted by molar-refractivity contribution is 9.10. The van der Waals surface area contributed by atoms with Crippen LogP contribution in [0.5, 0.6) is 5.75 Å². The number of nitrogens with one attached hydrogen (secondary N) is 1. The number of anilines is 1. The Kier molecular flexibility index (Phi) is 8.06. The van der Waals surface area contributed by atoms with Crippen LogP contribution in [-0.4, -0.2) is 36.4 Å². The van der Waals surface area contributed by atoms with Crippen LogP contribution in [0.1, 0.15) is 37.0 Å². The summed E-state index contributed by atoms with van der Waals surface area (Å²) < 4.78 is 6.53. The highest BCUT2D eigenvalue weighted by Crippen LogP contribution is 2.33. The van der Waals surface area contributed by atoms with Gasteiger partial charge in [0.1, 0.15) is 5.75 Å². The molecular formula is C25H27BrN2O3. The predicted octanol–water partition coefficient (Wildman–Crippen LogP) is 5.88. The summed E-state index contributed by atoms with van der Waals surface area (Å²) in [5.74, 6) is 0.366. The molecule has 0 unspecified atom stereocenters. The average molecular weight is 483 g/mol.